The van der Waals surface area contributed by atoms with E-state index in [1.807, 2.05) is 0 Å². The van der Waals surface area contributed by atoms with Crippen molar-refractivity contribution in [1.29, 1.82) is 0 Å². The van der Waals surface area contributed by atoms with Gasteiger partial charge in [-0.3, -0.25) is 0 Å². The van der Waals surface area contributed by atoms with Crippen LogP contribution in [0.1, 0.15) is 25.5 Å². The van der Waals surface area contributed by atoms with Crippen molar-refractivity contribution in [3.05, 3.63) is 35.6 Å². The van der Waals surface area contributed by atoms with Crippen molar-refractivity contribution >= 4 is 9.24 Å². The second kappa shape index (κ2) is 4.69. The standard InChI is InChI=1S/C10H15FNP/c1-7(12-8(2)13)9-3-5-10(11)6-4-9/h3-8,12H,13H2,1-2H3/t7-,8+/m0/s1. The molecule has 0 saturated heterocycles. The molecule has 0 aliphatic carbocycles. The Morgan fingerprint density at radius 3 is 2.23 bits per heavy atom. The maximum atomic E-state index is 12.6. The molecule has 3 atom stereocenters. The lowest BCUT2D eigenvalue weighted by Crippen LogP contribution is -2.23. The highest BCUT2D eigenvalue weighted by Crippen LogP contribution is 2.14. The Bertz CT molecular complexity index is 258. The second-order valence-corrected chi connectivity index (χ2v) is 4.23. The first-order valence-corrected chi connectivity index (χ1v) is 5.03. The first-order chi connectivity index (χ1) is 6.09. The molecule has 1 N–H and O–H groups in total. The van der Waals surface area contributed by atoms with E-state index in [0.717, 1.165) is 5.56 Å². The molecule has 1 nitrogen and oxygen atoms in total. The van der Waals surface area contributed by atoms with Gasteiger partial charge in [0.2, 0.25) is 0 Å². The van der Waals surface area contributed by atoms with E-state index in [1.54, 1.807) is 12.1 Å². The first kappa shape index (κ1) is 10.6. The summed E-state index contributed by atoms with van der Waals surface area (Å²) in [5.74, 6) is 0.176. The molecule has 0 spiro atoms. The largest absolute Gasteiger partial charge is 0.304 e. The lowest BCUT2D eigenvalue weighted by atomic mass is 10.1. The van der Waals surface area contributed by atoms with E-state index < -0.39 is 0 Å². The van der Waals surface area contributed by atoms with E-state index in [2.05, 4.69) is 28.4 Å². The molecule has 0 aliphatic heterocycles. The third-order valence-electron chi connectivity index (χ3n) is 1.88. The van der Waals surface area contributed by atoms with Crippen LogP contribution in [0.5, 0.6) is 0 Å². The van der Waals surface area contributed by atoms with Gasteiger partial charge in [-0.2, -0.15) is 0 Å². The van der Waals surface area contributed by atoms with Crippen LogP contribution in [0.3, 0.4) is 0 Å². The summed E-state index contributed by atoms with van der Waals surface area (Å²) >= 11 is 0. The summed E-state index contributed by atoms with van der Waals surface area (Å²) in [6.45, 7) is 4.12. The van der Waals surface area contributed by atoms with Crippen LogP contribution in [0.2, 0.25) is 0 Å². The molecular formula is C10H15FNP. The molecule has 0 aliphatic rings. The molecule has 72 valence electrons. The van der Waals surface area contributed by atoms with Crippen LogP contribution in [0.15, 0.2) is 24.3 Å². The SMILES string of the molecule is C[C@H](N[C@@H](C)P)c1ccc(F)cc1. The van der Waals surface area contributed by atoms with Crippen molar-refractivity contribution < 1.29 is 4.39 Å². The van der Waals surface area contributed by atoms with Crippen molar-refractivity contribution in [2.45, 2.75) is 25.7 Å². The van der Waals surface area contributed by atoms with Crippen molar-refractivity contribution in [2.24, 2.45) is 0 Å². The molecule has 0 fully saturated rings. The molecule has 0 saturated carbocycles. The molecule has 0 aromatic heterocycles. The maximum absolute atomic E-state index is 12.6. The Hall–Kier alpha value is -0.460. The predicted octanol–water partition coefficient (Wildman–Crippen LogP) is 2.70. The van der Waals surface area contributed by atoms with E-state index in [-0.39, 0.29) is 11.9 Å². The molecule has 0 heterocycles. The Morgan fingerprint density at radius 2 is 1.77 bits per heavy atom. The number of hydrogen-bond donors (Lipinski definition) is 1. The summed E-state index contributed by atoms with van der Waals surface area (Å²) in [6, 6.07) is 6.84. The number of nitrogens with one attached hydrogen (secondary N) is 1. The Balaban J connectivity index is 2.66. The summed E-state index contributed by atoms with van der Waals surface area (Å²) in [6.07, 6.45) is 0. The molecule has 1 aromatic rings. The highest BCUT2D eigenvalue weighted by molar-refractivity contribution is 7.17. The Kier molecular flexibility index (Phi) is 3.83. The number of hydrogen-bond acceptors (Lipinski definition) is 1. The summed E-state index contributed by atoms with van der Waals surface area (Å²) in [5.41, 5.74) is 1.11. The van der Waals surface area contributed by atoms with Gasteiger partial charge in [0.05, 0.1) is 0 Å². The van der Waals surface area contributed by atoms with Gasteiger partial charge in [-0.15, -0.1) is 9.24 Å². The minimum atomic E-state index is -0.185. The third kappa shape index (κ3) is 3.41. The monoisotopic (exact) mass is 199 g/mol. The van der Waals surface area contributed by atoms with Crippen LogP contribution in [-0.2, 0) is 0 Å². The topological polar surface area (TPSA) is 12.0 Å². The summed E-state index contributed by atoms with van der Waals surface area (Å²) in [4.78, 5) is 0. The van der Waals surface area contributed by atoms with Gasteiger partial charge in [-0.25, -0.2) is 4.39 Å². The fourth-order valence-electron chi connectivity index (χ4n) is 1.24. The lowest BCUT2D eigenvalue weighted by Gasteiger charge is -2.16. The maximum Gasteiger partial charge on any atom is 0.123 e. The summed E-state index contributed by atoms with van der Waals surface area (Å²) in [7, 11) is 2.68. The van der Waals surface area contributed by atoms with E-state index in [4.69, 9.17) is 0 Å². The van der Waals surface area contributed by atoms with Gasteiger partial charge < -0.3 is 5.32 Å². The van der Waals surface area contributed by atoms with E-state index in [9.17, 15) is 4.39 Å². The average molecular weight is 199 g/mol. The van der Waals surface area contributed by atoms with Crippen LogP contribution in [0.4, 0.5) is 4.39 Å². The number of benzene rings is 1. The van der Waals surface area contributed by atoms with Crippen LogP contribution in [0, 0.1) is 5.82 Å². The van der Waals surface area contributed by atoms with Gasteiger partial charge in [-0.05, 0) is 31.5 Å². The van der Waals surface area contributed by atoms with Gasteiger partial charge in [0, 0.05) is 11.8 Å². The second-order valence-electron chi connectivity index (χ2n) is 3.23. The van der Waals surface area contributed by atoms with Crippen LogP contribution >= 0.6 is 9.24 Å². The number of rotatable bonds is 3. The molecule has 1 aromatic carbocycles. The van der Waals surface area contributed by atoms with E-state index in [0.29, 0.717) is 5.78 Å². The first-order valence-electron chi connectivity index (χ1n) is 4.36. The quantitative estimate of drug-likeness (QED) is 0.738. The van der Waals surface area contributed by atoms with Crippen LogP contribution in [0.25, 0.3) is 0 Å². The highest BCUT2D eigenvalue weighted by Gasteiger charge is 2.05. The van der Waals surface area contributed by atoms with Gasteiger partial charge >= 0.3 is 0 Å². The molecular weight excluding hydrogens is 184 g/mol. The zero-order valence-electron chi connectivity index (χ0n) is 7.92. The molecule has 1 unspecified atom stereocenters. The van der Waals surface area contributed by atoms with Crippen LogP contribution in [-0.4, -0.2) is 5.78 Å². The molecule has 0 amide bonds. The molecule has 1 rings (SSSR count). The zero-order chi connectivity index (χ0) is 9.84. The van der Waals surface area contributed by atoms with E-state index in [1.165, 1.54) is 12.1 Å². The van der Waals surface area contributed by atoms with Gasteiger partial charge in [0.1, 0.15) is 5.82 Å². The van der Waals surface area contributed by atoms with Gasteiger partial charge in [-0.1, -0.05) is 12.1 Å². The minimum Gasteiger partial charge on any atom is -0.304 e. The van der Waals surface area contributed by atoms with Crippen LogP contribution < -0.4 is 5.32 Å². The average Bonchev–Trinajstić information content (AvgIpc) is 2.04. The third-order valence-corrected chi connectivity index (χ3v) is 2.08. The van der Waals surface area contributed by atoms with Crippen molar-refractivity contribution in [3.63, 3.8) is 0 Å². The minimum absolute atomic E-state index is 0.185. The molecule has 0 bridgehead atoms. The Morgan fingerprint density at radius 1 is 1.23 bits per heavy atom. The fourth-order valence-corrected chi connectivity index (χ4v) is 1.53. The fraction of sp³-hybridized carbons (Fsp3) is 0.400. The highest BCUT2D eigenvalue weighted by atomic mass is 31.0. The summed E-state index contributed by atoms with van der Waals surface area (Å²) < 4.78 is 12.6. The van der Waals surface area contributed by atoms with Gasteiger partial charge in [0.15, 0.2) is 0 Å². The van der Waals surface area contributed by atoms with Gasteiger partial charge in [0.25, 0.3) is 0 Å². The van der Waals surface area contributed by atoms with E-state index >= 15 is 0 Å². The molecule has 0 radical (unpaired) electrons. The molecule has 13 heavy (non-hydrogen) atoms. The molecule has 3 heteroatoms. The van der Waals surface area contributed by atoms with Crippen molar-refractivity contribution in [2.75, 3.05) is 0 Å². The predicted molar refractivity (Wildman–Crippen MR) is 57.1 cm³/mol. The Labute approximate surface area is 80.9 Å². The smallest absolute Gasteiger partial charge is 0.123 e. The van der Waals surface area contributed by atoms with Crippen molar-refractivity contribution in [1.82, 2.24) is 5.32 Å². The van der Waals surface area contributed by atoms with Crippen molar-refractivity contribution in [3.8, 4) is 0 Å². The number of halogens is 1. The normalized spacial score (nSPS) is 15.4. The summed E-state index contributed by atoms with van der Waals surface area (Å²) in [5, 5.41) is 3.32. The zero-order valence-corrected chi connectivity index (χ0v) is 9.07. The lowest BCUT2D eigenvalue weighted by molar-refractivity contribution is 0.569.